The summed E-state index contributed by atoms with van der Waals surface area (Å²) in [5.74, 6) is -0.219. The van der Waals surface area contributed by atoms with Crippen molar-refractivity contribution in [3.05, 3.63) is 101 Å². The Kier molecular flexibility index (Phi) is 22.6. The van der Waals surface area contributed by atoms with Crippen molar-refractivity contribution in [2.24, 2.45) is 17.8 Å². The molecule has 4 atom stereocenters. The van der Waals surface area contributed by atoms with E-state index < -0.39 is 24.1 Å². The number of allylic oxidation sites excluding steroid dienone is 2. The first kappa shape index (κ1) is 52.8. The van der Waals surface area contributed by atoms with Crippen LogP contribution in [0.15, 0.2) is 72.8 Å². The van der Waals surface area contributed by atoms with Crippen molar-refractivity contribution in [2.75, 3.05) is 117 Å². The standard InChI is InChI=1S/C50H68N6O13/c57-47(51-19-25-65-31-32-66-26-20-52-50(62)69-35-41-39-7-3-1-2-4-8-40(39)41)37-15-13-36(14-16-37)46(42-9-5-10-43(54-42)48(58)59)56-21-27-67-33-29-63-23-17-38(18-24-64-30-34-68-28-22-56)53-45-12-6-11-44(55-45)49(60)61/h1-2,5-6,9-16,38-41,46H,3-4,7-8,17-35H2,(H,51,57)(H,52,62)(H,53,55)(H,58,59)(H,60,61)/b2-1-/t39-,40+,41?,46?. The van der Waals surface area contributed by atoms with Crippen LogP contribution in [0.25, 0.3) is 0 Å². The highest BCUT2D eigenvalue weighted by Crippen LogP contribution is 2.52. The van der Waals surface area contributed by atoms with E-state index in [0.29, 0.717) is 147 Å². The van der Waals surface area contributed by atoms with Crippen LogP contribution in [0, 0.1) is 17.8 Å². The molecule has 3 aliphatic rings. The topological polar surface area (TPSA) is 238 Å². The average molecular weight is 961 g/mol. The second-order valence-corrected chi connectivity index (χ2v) is 17.0. The third-order valence-electron chi connectivity index (χ3n) is 12.3. The Bertz CT molecular complexity index is 2040. The molecule has 0 spiro atoms. The van der Waals surface area contributed by atoms with E-state index in [1.54, 1.807) is 36.4 Å². The van der Waals surface area contributed by atoms with Gasteiger partial charge in [-0.2, -0.15) is 0 Å². The van der Waals surface area contributed by atoms with Crippen LogP contribution >= 0.6 is 0 Å². The van der Waals surface area contributed by atoms with Gasteiger partial charge in [-0.25, -0.2) is 24.4 Å². The van der Waals surface area contributed by atoms with Crippen LogP contribution < -0.4 is 16.0 Å². The van der Waals surface area contributed by atoms with Gasteiger partial charge in [-0.3, -0.25) is 9.69 Å². The van der Waals surface area contributed by atoms with Gasteiger partial charge in [0.1, 0.15) is 11.5 Å². The van der Waals surface area contributed by atoms with Crippen molar-refractivity contribution in [3.8, 4) is 0 Å². The quantitative estimate of drug-likeness (QED) is 0.0777. The maximum absolute atomic E-state index is 13.1. The van der Waals surface area contributed by atoms with Crippen LogP contribution in [0.3, 0.4) is 0 Å². The van der Waals surface area contributed by atoms with E-state index in [1.807, 2.05) is 12.1 Å². The van der Waals surface area contributed by atoms with Crippen LogP contribution in [0.2, 0.25) is 0 Å². The zero-order valence-corrected chi connectivity index (χ0v) is 39.3. The molecule has 2 aliphatic carbocycles. The second kappa shape index (κ2) is 29.5. The lowest BCUT2D eigenvalue weighted by Crippen LogP contribution is -2.36. The van der Waals surface area contributed by atoms with E-state index >= 15 is 0 Å². The van der Waals surface area contributed by atoms with Gasteiger partial charge in [0, 0.05) is 51.0 Å². The molecule has 2 aromatic heterocycles. The number of carbonyl (C=O) groups excluding carboxylic acids is 2. The Hall–Kier alpha value is -5.54. The fraction of sp³-hybridized carbons (Fsp3) is 0.560. The normalized spacial score (nSPS) is 21.1. The number of hydrogen-bond donors (Lipinski definition) is 5. The molecule has 1 saturated carbocycles. The number of fused-ring (bicyclic) bond motifs is 1. The highest BCUT2D eigenvalue weighted by molar-refractivity contribution is 5.94. The summed E-state index contributed by atoms with van der Waals surface area (Å²) in [6, 6.07) is 16.3. The number of pyridine rings is 2. The summed E-state index contributed by atoms with van der Waals surface area (Å²) in [5, 5.41) is 28.1. The van der Waals surface area contributed by atoms with E-state index in [9.17, 15) is 29.4 Å². The molecule has 1 aromatic carbocycles. The molecule has 0 bridgehead atoms. The number of benzene rings is 1. The fourth-order valence-electron chi connectivity index (χ4n) is 8.62. The molecule has 2 fully saturated rings. The Balaban J connectivity index is 0.930. The molecule has 1 saturated heterocycles. The van der Waals surface area contributed by atoms with Crippen LogP contribution in [0.1, 0.15) is 87.2 Å². The predicted octanol–water partition coefficient (Wildman–Crippen LogP) is 5.09. The number of carbonyl (C=O) groups is 4. The number of nitrogens with one attached hydrogen (secondary N) is 3. The summed E-state index contributed by atoms with van der Waals surface area (Å²) in [4.78, 5) is 59.5. The molecule has 69 heavy (non-hydrogen) atoms. The van der Waals surface area contributed by atoms with Gasteiger partial charge in [-0.15, -0.1) is 0 Å². The fourth-order valence-corrected chi connectivity index (χ4v) is 8.62. The SMILES string of the molecule is O=C(NCCOCCOCCNC(=O)c1ccc(C(c2cccc(C(=O)O)n2)N2CCOCCOCCC(Nc3cccc(C(=O)O)n3)CCOCCOCC2)cc1)OCC1[C@H]2CC/C=C\CC[C@@H]12. The minimum atomic E-state index is -1.15. The molecule has 19 nitrogen and oxygen atoms in total. The summed E-state index contributed by atoms with van der Waals surface area (Å²) in [6.07, 6.45) is 9.92. The van der Waals surface area contributed by atoms with Gasteiger partial charge in [-0.1, -0.05) is 36.4 Å². The first-order valence-electron chi connectivity index (χ1n) is 24.1. The predicted molar refractivity (Wildman–Crippen MR) is 254 cm³/mol. The maximum atomic E-state index is 13.1. The zero-order chi connectivity index (χ0) is 48.5. The van der Waals surface area contributed by atoms with Crippen LogP contribution in [-0.2, 0) is 33.2 Å². The second-order valence-electron chi connectivity index (χ2n) is 17.0. The molecule has 2 amide bonds. The van der Waals surface area contributed by atoms with Gasteiger partial charge in [-0.05, 0) is 98.2 Å². The summed E-state index contributed by atoms with van der Waals surface area (Å²) in [7, 11) is 0. The zero-order valence-electron chi connectivity index (χ0n) is 39.3. The number of carboxylic acids is 2. The van der Waals surface area contributed by atoms with Gasteiger partial charge in [0.2, 0.25) is 0 Å². The van der Waals surface area contributed by atoms with Crippen LogP contribution in [0.4, 0.5) is 10.6 Å². The lowest BCUT2D eigenvalue weighted by molar-refractivity contribution is 0.0128. The Morgan fingerprint density at radius 3 is 1.83 bits per heavy atom. The minimum absolute atomic E-state index is 0.0420. The molecule has 376 valence electrons. The number of aromatic nitrogens is 2. The molecular weight excluding hydrogens is 893 g/mol. The van der Waals surface area contributed by atoms with Gasteiger partial charge in [0.05, 0.1) is 84.4 Å². The Morgan fingerprint density at radius 2 is 1.22 bits per heavy atom. The van der Waals surface area contributed by atoms with Crippen molar-refractivity contribution in [2.45, 2.75) is 50.6 Å². The number of hydrogen-bond acceptors (Lipinski definition) is 15. The number of rotatable bonds is 19. The highest BCUT2D eigenvalue weighted by atomic mass is 16.6. The lowest BCUT2D eigenvalue weighted by Gasteiger charge is -2.32. The third kappa shape index (κ3) is 18.4. The first-order valence-corrected chi connectivity index (χ1v) is 24.1. The molecule has 2 unspecified atom stereocenters. The molecule has 1 aliphatic heterocycles. The molecular formula is C50H68N6O13. The van der Waals surface area contributed by atoms with Crippen LogP contribution in [0.5, 0.6) is 0 Å². The van der Waals surface area contributed by atoms with Crippen molar-refractivity contribution in [3.63, 3.8) is 0 Å². The number of alkyl carbamates (subject to hydrolysis) is 1. The van der Waals surface area contributed by atoms with Crippen molar-refractivity contribution in [1.82, 2.24) is 25.5 Å². The van der Waals surface area contributed by atoms with Gasteiger partial charge in [0.15, 0.2) is 5.69 Å². The molecule has 5 N–H and O–H groups in total. The van der Waals surface area contributed by atoms with E-state index in [0.717, 1.165) is 18.4 Å². The number of carboxylic acid groups (broad SMARTS) is 2. The average Bonchev–Trinajstić information content (AvgIpc) is 4.00. The maximum Gasteiger partial charge on any atom is 0.407 e. The molecule has 19 heteroatoms. The monoisotopic (exact) mass is 960 g/mol. The molecule has 3 heterocycles. The Morgan fingerprint density at radius 1 is 0.652 bits per heavy atom. The van der Waals surface area contributed by atoms with Gasteiger partial charge < -0.3 is 59.3 Å². The van der Waals surface area contributed by atoms with E-state index in [4.69, 9.17) is 33.2 Å². The Labute approximate surface area is 403 Å². The van der Waals surface area contributed by atoms with Crippen molar-refractivity contribution in [1.29, 1.82) is 0 Å². The van der Waals surface area contributed by atoms with Crippen molar-refractivity contribution < 1.29 is 62.5 Å². The number of aromatic carboxylic acids is 2. The minimum Gasteiger partial charge on any atom is -0.477 e. The molecule has 0 radical (unpaired) electrons. The highest BCUT2D eigenvalue weighted by Gasteiger charge is 2.49. The summed E-state index contributed by atoms with van der Waals surface area (Å²) in [5.41, 5.74) is 1.61. The molecule has 6 rings (SSSR count). The third-order valence-corrected chi connectivity index (χ3v) is 12.3. The summed E-state index contributed by atoms with van der Waals surface area (Å²) >= 11 is 0. The number of amides is 2. The number of ether oxygens (including phenoxy) is 7. The van der Waals surface area contributed by atoms with E-state index in [-0.39, 0.29) is 36.5 Å². The summed E-state index contributed by atoms with van der Waals surface area (Å²) < 4.78 is 40.5. The number of nitrogens with zero attached hydrogens (tertiary/aromatic N) is 3. The van der Waals surface area contributed by atoms with Crippen LogP contribution in [-0.4, -0.2) is 167 Å². The van der Waals surface area contributed by atoms with Gasteiger partial charge >= 0.3 is 18.0 Å². The first-order chi connectivity index (χ1) is 33.8. The molecule has 3 aromatic rings. The van der Waals surface area contributed by atoms with E-state index in [1.165, 1.54) is 25.0 Å². The smallest absolute Gasteiger partial charge is 0.407 e. The summed E-state index contributed by atoms with van der Waals surface area (Å²) in [6.45, 7) is 6.16. The largest absolute Gasteiger partial charge is 0.477 e. The number of anilines is 1. The van der Waals surface area contributed by atoms with Gasteiger partial charge in [0.25, 0.3) is 5.91 Å². The lowest BCUT2D eigenvalue weighted by atomic mass is 9.99. The van der Waals surface area contributed by atoms with Crippen molar-refractivity contribution >= 4 is 29.8 Å². The van der Waals surface area contributed by atoms with E-state index in [2.05, 4.69) is 43.0 Å².